The molecule has 3 aromatic carbocycles. The van der Waals surface area contributed by atoms with Crippen molar-refractivity contribution in [3.05, 3.63) is 114 Å². The summed E-state index contributed by atoms with van der Waals surface area (Å²) in [6.45, 7) is 3.28. The van der Waals surface area contributed by atoms with E-state index in [0.717, 1.165) is 5.69 Å². The van der Waals surface area contributed by atoms with Crippen molar-refractivity contribution >= 4 is 53.9 Å². The van der Waals surface area contributed by atoms with Crippen molar-refractivity contribution < 1.29 is 9.59 Å². The fraction of sp³-hybridized carbons (Fsp3) is 0.0357. The van der Waals surface area contributed by atoms with Gasteiger partial charge in [0, 0.05) is 47.1 Å². The molecule has 0 saturated carbocycles. The summed E-state index contributed by atoms with van der Waals surface area (Å²) in [6, 6.07) is 20.3. The minimum Gasteiger partial charge on any atom is -0.337 e. The van der Waals surface area contributed by atoms with Crippen LogP contribution in [0.1, 0.15) is 17.2 Å². The van der Waals surface area contributed by atoms with Crippen molar-refractivity contribution in [2.75, 3.05) is 10.3 Å². The first kappa shape index (κ1) is 27.0. The number of amides is 2. The lowest BCUT2D eigenvalue weighted by molar-refractivity contribution is -0.123. The third-order valence-electron chi connectivity index (χ3n) is 5.56. The van der Waals surface area contributed by atoms with Crippen molar-refractivity contribution in [2.24, 2.45) is 16.0 Å². The van der Waals surface area contributed by atoms with Gasteiger partial charge in [0.05, 0.1) is 12.0 Å². The molecule has 0 radical (unpaired) electrons. The van der Waals surface area contributed by atoms with E-state index in [-0.39, 0.29) is 0 Å². The molecule has 1 unspecified atom stereocenters. The maximum absolute atomic E-state index is 13.3. The number of carbonyl (C=O) groups is 2. The summed E-state index contributed by atoms with van der Waals surface area (Å²) in [5, 5.41) is 14.4. The van der Waals surface area contributed by atoms with E-state index in [2.05, 4.69) is 32.5 Å². The van der Waals surface area contributed by atoms with Gasteiger partial charge in [-0.15, -0.1) is 5.10 Å². The molecule has 4 N–H and O–H groups in total. The van der Waals surface area contributed by atoms with E-state index in [0.29, 0.717) is 27.5 Å². The van der Waals surface area contributed by atoms with Crippen LogP contribution in [0.25, 0.3) is 11.8 Å². The molecule has 0 spiro atoms. The van der Waals surface area contributed by atoms with Gasteiger partial charge in [-0.1, -0.05) is 41.9 Å². The fourth-order valence-electron chi connectivity index (χ4n) is 3.69. The lowest BCUT2D eigenvalue weighted by Crippen LogP contribution is -2.36. The SMILES string of the molecule is C=N/N=C\N(N)c1ccc(Cl)cc1/C=C/C(=O)NC(C(=O)Nc1ccc(-n2ccnc2)cc1)c1ccccc1. The second-order valence-corrected chi connectivity index (χ2v) is 8.61. The maximum Gasteiger partial charge on any atom is 0.251 e. The zero-order chi connectivity index (χ0) is 27.6. The highest BCUT2D eigenvalue weighted by molar-refractivity contribution is 6.30. The topological polar surface area (TPSA) is 130 Å². The van der Waals surface area contributed by atoms with E-state index in [1.54, 1.807) is 73.2 Å². The molecule has 1 heterocycles. The van der Waals surface area contributed by atoms with Crippen LogP contribution in [-0.4, -0.2) is 34.4 Å². The average molecular weight is 541 g/mol. The van der Waals surface area contributed by atoms with E-state index < -0.39 is 17.9 Å². The van der Waals surface area contributed by atoms with Gasteiger partial charge in [0.15, 0.2) is 0 Å². The minimum atomic E-state index is -0.952. The first-order valence-electron chi connectivity index (χ1n) is 11.7. The zero-order valence-corrected chi connectivity index (χ0v) is 21.4. The highest BCUT2D eigenvalue weighted by atomic mass is 35.5. The van der Waals surface area contributed by atoms with E-state index in [9.17, 15) is 9.59 Å². The molecule has 0 fully saturated rings. The summed E-state index contributed by atoms with van der Waals surface area (Å²) in [4.78, 5) is 30.3. The van der Waals surface area contributed by atoms with Gasteiger partial charge in [0.1, 0.15) is 12.4 Å². The van der Waals surface area contributed by atoms with Gasteiger partial charge < -0.3 is 15.2 Å². The number of nitrogens with zero attached hydrogens (tertiary/aromatic N) is 5. The van der Waals surface area contributed by atoms with Crippen LogP contribution < -0.4 is 21.5 Å². The van der Waals surface area contributed by atoms with Crippen LogP contribution in [0.5, 0.6) is 0 Å². The number of aromatic nitrogens is 2. The van der Waals surface area contributed by atoms with Gasteiger partial charge in [-0.05, 0) is 54.1 Å². The Labute approximate surface area is 230 Å². The molecule has 0 saturated heterocycles. The molecule has 4 aromatic rings. The average Bonchev–Trinajstić information content (AvgIpc) is 3.49. The molecule has 11 heteroatoms. The van der Waals surface area contributed by atoms with E-state index in [1.807, 2.05) is 29.0 Å². The van der Waals surface area contributed by atoms with Crippen LogP contribution in [0, 0.1) is 0 Å². The van der Waals surface area contributed by atoms with E-state index in [1.165, 1.54) is 17.4 Å². The van der Waals surface area contributed by atoms with Gasteiger partial charge in [-0.2, -0.15) is 5.10 Å². The Morgan fingerprint density at radius 3 is 2.56 bits per heavy atom. The molecule has 0 aliphatic rings. The Kier molecular flexibility index (Phi) is 8.96. The number of hydrogen-bond donors (Lipinski definition) is 3. The van der Waals surface area contributed by atoms with Crippen LogP contribution >= 0.6 is 11.6 Å². The summed E-state index contributed by atoms with van der Waals surface area (Å²) in [7, 11) is 0. The van der Waals surface area contributed by atoms with Crippen LogP contribution in [0.4, 0.5) is 11.4 Å². The Bertz CT molecular complexity index is 1490. The number of anilines is 2. The molecule has 1 atom stereocenters. The van der Waals surface area contributed by atoms with Gasteiger partial charge in [0.2, 0.25) is 5.91 Å². The molecule has 39 heavy (non-hydrogen) atoms. The largest absolute Gasteiger partial charge is 0.337 e. The van der Waals surface area contributed by atoms with E-state index >= 15 is 0 Å². The molecule has 0 bridgehead atoms. The molecule has 196 valence electrons. The van der Waals surface area contributed by atoms with Gasteiger partial charge >= 0.3 is 0 Å². The monoisotopic (exact) mass is 540 g/mol. The number of hydrogen-bond acceptors (Lipinski definition) is 6. The number of carbonyl (C=O) groups excluding carboxylic acids is 2. The van der Waals surface area contributed by atoms with Crippen molar-refractivity contribution in [3.8, 4) is 5.69 Å². The van der Waals surface area contributed by atoms with E-state index in [4.69, 9.17) is 17.4 Å². The zero-order valence-electron chi connectivity index (χ0n) is 20.7. The first-order valence-corrected chi connectivity index (χ1v) is 12.1. The normalized spacial score (nSPS) is 11.8. The lowest BCUT2D eigenvalue weighted by Gasteiger charge is -2.18. The molecule has 0 aliphatic heterocycles. The Balaban J connectivity index is 1.51. The van der Waals surface area contributed by atoms with Crippen LogP contribution in [0.3, 0.4) is 0 Å². The third kappa shape index (κ3) is 7.25. The highest BCUT2D eigenvalue weighted by Gasteiger charge is 2.22. The van der Waals surface area contributed by atoms with Crippen LogP contribution in [0.2, 0.25) is 5.02 Å². The molecule has 2 amide bonds. The molecular formula is C28H25ClN8O2. The Morgan fingerprint density at radius 2 is 1.87 bits per heavy atom. The Morgan fingerprint density at radius 1 is 1.10 bits per heavy atom. The number of hydrazine groups is 1. The molecular weight excluding hydrogens is 516 g/mol. The summed E-state index contributed by atoms with van der Waals surface area (Å²) in [5.74, 6) is 5.11. The van der Waals surface area contributed by atoms with Gasteiger partial charge in [0.25, 0.3) is 5.91 Å². The second kappa shape index (κ2) is 13.0. The number of halogens is 1. The quantitative estimate of drug-likeness (QED) is 0.0904. The van der Waals surface area contributed by atoms with Crippen LogP contribution in [0.15, 0.2) is 108 Å². The third-order valence-corrected chi connectivity index (χ3v) is 5.79. The lowest BCUT2D eigenvalue weighted by atomic mass is 10.1. The van der Waals surface area contributed by atoms with Gasteiger partial charge in [-0.3, -0.25) is 14.6 Å². The van der Waals surface area contributed by atoms with Crippen LogP contribution in [-0.2, 0) is 9.59 Å². The number of rotatable bonds is 10. The first-order chi connectivity index (χ1) is 18.9. The summed E-state index contributed by atoms with van der Waals surface area (Å²) in [6.07, 6.45) is 9.31. The molecule has 1 aromatic heterocycles. The maximum atomic E-state index is 13.3. The molecule has 10 nitrogen and oxygen atoms in total. The number of nitrogens with one attached hydrogen (secondary N) is 2. The predicted octanol–water partition coefficient (Wildman–Crippen LogP) is 4.36. The second-order valence-electron chi connectivity index (χ2n) is 8.17. The molecule has 4 rings (SSSR count). The smallest absolute Gasteiger partial charge is 0.251 e. The minimum absolute atomic E-state index is 0.400. The summed E-state index contributed by atoms with van der Waals surface area (Å²) >= 11 is 6.15. The van der Waals surface area contributed by atoms with Crippen molar-refractivity contribution in [1.82, 2.24) is 14.9 Å². The molecule has 0 aliphatic carbocycles. The number of benzene rings is 3. The standard InChI is InChI=1S/C28H25ClN8O2/c1-31-33-19-37(30)25-13-8-22(29)17-21(25)7-14-26(38)35-27(20-5-3-2-4-6-20)28(39)34-23-9-11-24(12-10-23)36-16-15-32-18-36/h2-19,27H,1,30H2,(H,34,39)(H,35,38)/b14-7+,33-19-. The summed E-state index contributed by atoms with van der Waals surface area (Å²) < 4.78 is 1.85. The van der Waals surface area contributed by atoms with Gasteiger partial charge in [-0.25, -0.2) is 10.8 Å². The van der Waals surface area contributed by atoms with Crippen molar-refractivity contribution in [2.45, 2.75) is 6.04 Å². The number of imidazole rings is 1. The Hall–Kier alpha value is -5.06. The predicted molar refractivity (Wildman–Crippen MR) is 155 cm³/mol. The summed E-state index contributed by atoms with van der Waals surface area (Å²) in [5.41, 5.74) is 3.17. The van der Waals surface area contributed by atoms with Crippen molar-refractivity contribution in [3.63, 3.8) is 0 Å². The highest BCUT2D eigenvalue weighted by Crippen LogP contribution is 2.24. The van der Waals surface area contributed by atoms with Crippen molar-refractivity contribution in [1.29, 1.82) is 0 Å². The number of nitrogens with two attached hydrogens (primary N) is 1. The fourth-order valence-corrected chi connectivity index (χ4v) is 3.87.